The molecular weight excluding hydrogens is 343 g/mol. The topological polar surface area (TPSA) is 65.1 Å². The van der Waals surface area contributed by atoms with Crippen molar-refractivity contribution in [2.24, 2.45) is 5.84 Å². The van der Waals surface area contributed by atoms with E-state index >= 15 is 0 Å². The Morgan fingerprint density at radius 3 is 2.80 bits per heavy atom. The molecule has 2 aromatic heterocycles. The molecule has 0 radical (unpaired) electrons. The molecule has 1 unspecified atom stereocenters. The number of ether oxygens (including phenoxy) is 1. The lowest BCUT2D eigenvalue weighted by atomic mass is 10.1. The molecule has 0 aliphatic heterocycles. The standard InChI is InChI=1S/C11H13Cl3N4OS/c1-19-3-2-18-10(7(12)5-16-18)9(17-15)6-4-8(13)20-11(6)14/h4-5,9,17H,2-3,15H2,1H3. The van der Waals surface area contributed by atoms with Gasteiger partial charge in [0, 0.05) is 12.7 Å². The fourth-order valence-electron chi connectivity index (χ4n) is 1.88. The highest BCUT2D eigenvalue weighted by Crippen LogP contribution is 2.38. The summed E-state index contributed by atoms with van der Waals surface area (Å²) in [4.78, 5) is 0. The van der Waals surface area contributed by atoms with Gasteiger partial charge in [-0.1, -0.05) is 34.8 Å². The molecule has 0 aromatic carbocycles. The molecule has 9 heteroatoms. The van der Waals surface area contributed by atoms with Crippen molar-refractivity contribution in [2.45, 2.75) is 12.6 Å². The number of hydrogen-bond acceptors (Lipinski definition) is 5. The number of nitrogens with zero attached hydrogens (tertiary/aromatic N) is 2. The van der Waals surface area contributed by atoms with E-state index < -0.39 is 6.04 Å². The Morgan fingerprint density at radius 1 is 1.50 bits per heavy atom. The summed E-state index contributed by atoms with van der Waals surface area (Å²) < 4.78 is 7.94. The number of aromatic nitrogens is 2. The Morgan fingerprint density at radius 2 is 2.25 bits per heavy atom. The lowest BCUT2D eigenvalue weighted by Crippen LogP contribution is -2.31. The Labute approximate surface area is 135 Å². The Balaban J connectivity index is 2.41. The largest absolute Gasteiger partial charge is 0.383 e. The predicted molar refractivity (Wildman–Crippen MR) is 82.6 cm³/mol. The minimum Gasteiger partial charge on any atom is -0.383 e. The van der Waals surface area contributed by atoms with Crippen molar-refractivity contribution in [2.75, 3.05) is 13.7 Å². The van der Waals surface area contributed by atoms with Gasteiger partial charge >= 0.3 is 0 Å². The number of rotatable bonds is 6. The van der Waals surface area contributed by atoms with Gasteiger partial charge in [-0.2, -0.15) is 5.10 Å². The predicted octanol–water partition coefficient (Wildman–Crippen LogP) is 3.10. The van der Waals surface area contributed by atoms with Gasteiger partial charge in [0.05, 0.1) is 44.8 Å². The summed E-state index contributed by atoms with van der Waals surface area (Å²) in [5, 5.41) is 4.72. The Bertz CT molecular complexity index is 586. The molecule has 2 rings (SSSR count). The zero-order valence-corrected chi connectivity index (χ0v) is 13.7. The van der Waals surface area contributed by atoms with E-state index in [1.54, 1.807) is 24.1 Å². The van der Waals surface area contributed by atoms with Crippen molar-refractivity contribution in [3.63, 3.8) is 0 Å². The summed E-state index contributed by atoms with van der Waals surface area (Å²) >= 11 is 19.7. The molecule has 3 N–H and O–H groups in total. The maximum Gasteiger partial charge on any atom is 0.0996 e. The van der Waals surface area contributed by atoms with Gasteiger partial charge in [-0.15, -0.1) is 11.3 Å². The van der Waals surface area contributed by atoms with Crippen LogP contribution in [0, 0.1) is 0 Å². The lowest BCUT2D eigenvalue weighted by molar-refractivity contribution is 0.182. The first-order chi connectivity index (χ1) is 9.58. The summed E-state index contributed by atoms with van der Waals surface area (Å²) in [5.41, 5.74) is 4.20. The average molecular weight is 356 g/mol. The molecule has 0 aliphatic rings. The molecule has 0 spiro atoms. The van der Waals surface area contributed by atoms with Gasteiger partial charge in [0.2, 0.25) is 0 Å². The van der Waals surface area contributed by atoms with E-state index in [-0.39, 0.29) is 0 Å². The van der Waals surface area contributed by atoms with Crippen LogP contribution in [0.3, 0.4) is 0 Å². The van der Waals surface area contributed by atoms with E-state index in [1.807, 2.05) is 0 Å². The van der Waals surface area contributed by atoms with Crippen molar-refractivity contribution < 1.29 is 4.74 Å². The SMILES string of the molecule is COCCn1ncc(Cl)c1C(NN)c1cc(Cl)sc1Cl. The second-order valence-electron chi connectivity index (χ2n) is 3.97. The molecule has 0 bridgehead atoms. The molecule has 20 heavy (non-hydrogen) atoms. The van der Waals surface area contributed by atoms with Gasteiger partial charge in [0.1, 0.15) is 0 Å². The van der Waals surface area contributed by atoms with Crippen LogP contribution in [0.5, 0.6) is 0 Å². The minimum absolute atomic E-state index is 0.391. The van der Waals surface area contributed by atoms with Gasteiger partial charge < -0.3 is 4.74 Å². The van der Waals surface area contributed by atoms with Crippen LogP contribution in [0.15, 0.2) is 12.3 Å². The number of hydrogen-bond donors (Lipinski definition) is 2. The van der Waals surface area contributed by atoms with Crippen LogP contribution in [-0.4, -0.2) is 23.5 Å². The molecule has 0 amide bonds. The van der Waals surface area contributed by atoms with E-state index in [2.05, 4.69) is 10.5 Å². The third-order valence-electron chi connectivity index (χ3n) is 2.77. The summed E-state index contributed by atoms with van der Waals surface area (Å²) in [6.07, 6.45) is 1.57. The zero-order chi connectivity index (χ0) is 14.7. The smallest absolute Gasteiger partial charge is 0.0996 e. The van der Waals surface area contributed by atoms with Crippen molar-refractivity contribution in [1.82, 2.24) is 15.2 Å². The van der Waals surface area contributed by atoms with E-state index in [0.29, 0.717) is 26.8 Å². The van der Waals surface area contributed by atoms with E-state index in [9.17, 15) is 0 Å². The zero-order valence-electron chi connectivity index (χ0n) is 10.6. The van der Waals surface area contributed by atoms with Crippen LogP contribution in [0.1, 0.15) is 17.3 Å². The Kier molecular flexibility index (Phi) is 5.68. The molecule has 0 saturated carbocycles. The third-order valence-corrected chi connectivity index (χ3v) is 4.58. The highest BCUT2D eigenvalue weighted by Gasteiger charge is 2.24. The first-order valence-electron chi connectivity index (χ1n) is 5.69. The molecule has 2 aromatic rings. The van der Waals surface area contributed by atoms with Gasteiger partial charge in [-0.05, 0) is 6.07 Å². The third kappa shape index (κ3) is 3.28. The number of nitrogens with one attached hydrogen (secondary N) is 1. The van der Waals surface area contributed by atoms with Crippen molar-refractivity contribution in [3.8, 4) is 0 Å². The fourth-order valence-corrected chi connectivity index (χ4v) is 3.66. The summed E-state index contributed by atoms with van der Waals surface area (Å²) in [6, 6.07) is 1.38. The number of hydrazine groups is 1. The summed E-state index contributed by atoms with van der Waals surface area (Å²) in [7, 11) is 1.62. The maximum atomic E-state index is 6.21. The molecule has 0 fully saturated rings. The number of methoxy groups -OCH3 is 1. The van der Waals surface area contributed by atoms with Gasteiger partial charge in [0.15, 0.2) is 0 Å². The molecule has 110 valence electrons. The van der Waals surface area contributed by atoms with Gasteiger partial charge in [-0.25, -0.2) is 5.43 Å². The lowest BCUT2D eigenvalue weighted by Gasteiger charge is -2.18. The van der Waals surface area contributed by atoms with Gasteiger partial charge in [-0.3, -0.25) is 10.5 Å². The maximum absolute atomic E-state index is 6.21. The number of nitrogens with two attached hydrogens (primary N) is 1. The van der Waals surface area contributed by atoms with E-state index in [1.165, 1.54) is 11.3 Å². The Hall–Kier alpha value is -0.340. The van der Waals surface area contributed by atoms with E-state index in [0.717, 1.165) is 11.3 Å². The van der Waals surface area contributed by atoms with Crippen molar-refractivity contribution >= 4 is 46.1 Å². The fraction of sp³-hybridized carbons (Fsp3) is 0.364. The van der Waals surface area contributed by atoms with Crippen LogP contribution < -0.4 is 11.3 Å². The molecule has 0 saturated heterocycles. The molecule has 1 atom stereocenters. The monoisotopic (exact) mass is 354 g/mol. The average Bonchev–Trinajstić information content (AvgIpc) is 2.93. The first-order valence-corrected chi connectivity index (χ1v) is 7.64. The van der Waals surface area contributed by atoms with Crippen LogP contribution in [0.25, 0.3) is 0 Å². The number of halogens is 3. The van der Waals surface area contributed by atoms with Crippen molar-refractivity contribution in [3.05, 3.63) is 37.2 Å². The highest BCUT2D eigenvalue weighted by atomic mass is 35.5. The molecule has 0 aliphatic carbocycles. The number of thiophene rings is 1. The van der Waals surface area contributed by atoms with Crippen LogP contribution in [0.2, 0.25) is 13.7 Å². The van der Waals surface area contributed by atoms with Crippen LogP contribution >= 0.6 is 46.1 Å². The van der Waals surface area contributed by atoms with Crippen LogP contribution in [-0.2, 0) is 11.3 Å². The molecule has 5 nitrogen and oxygen atoms in total. The second kappa shape index (κ2) is 7.09. The highest BCUT2D eigenvalue weighted by molar-refractivity contribution is 7.20. The summed E-state index contributed by atoms with van der Waals surface area (Å²) in [6.45, 7) is 1.08. The minimum atomic E-state index is -0.391. The van der Waals surface area contributed by atoms with E-state index in [4.69, 9.17) is 45.4 Å². The molecule has 2 heterocycles. The summed E-state index contributed by atoms with van der Waals surface area (Å²) in [5.74, 6) is 5.66. The normalized spacial score (nSPS) is 12.8. The van der Waals surface area contributed by atoms with Crippen molar-refractivity contribution in [1.29, 1.82) is 0 Å². The second-order valence-corrected chi connectivity index (χ2v) is 6.67. The van der Waals surface area contributed by atoms with Crippen LogP contribution in [0.4, 0.5) is 0 Å². The van der Waals surface area contributed by atoms with Gasteiger partial charge in [0.25, 0.3) is 0 Å². The molecular formula is C11H13Cl3N4OS. The first kappa shape index (κ1) is 16.0. The quantitative estimate of drug-likeness (QED) is 0.617.